The minimum absolute atomic E-state index is 0.189. The van der Waals surface area contributed by atoms with Crippen molar-refractivity contribution >= 4 is 62.2 Å². The van der Waals surface area contributed by atoms with E-state index in [4.69, 9.17) is 21.7 Å². The summed E-state index contributed by atoms with van der Waals surface area (Å²) in [5, 5.41) is 9.89. The number of carbonyl (C=O) groups is 2. The standard InChI is InChI=1S/C28H24BrNO5S2/c1-3-34-22-14-19(13-21(29)25(22)35-16-18-11-9-17(2)10-12-18)15-23-26(31)30(28(36)37-23)24(27(32)33)20-7-5-4-6-8-20/h4-15,24H,3,16H2,1-2H3,(H,32,33)/b23-15-. The second-order valence-electron chi connectivity index (χ2n) is 8.24. The predicted octanol–water partition coefficient (Wildman–Crippen LogP) is 6.76. The maximum atomic E-state index is 13.3. The van der Waals surface area contributed by atoms with E-state index >= 15 is 0 Å². The molecule has 0 aliphatic carbocycles. The number of carbonyl (C=O) groups excluding carboxylic acids is 1. The van der Waals surface area contributed by atoms with Crippen molar-refractivity contribution in [1.29, 1.82) is 0 Å². The fourth-order valence-corrected chi connectivity index (χ4v) is 5.69. The molecule has 0 spiro atoms. The van der Waals surface area contributed by atoms with Crippen molar-refractivity contribution in [3.05, 3.63) is 98.4 Å². The Morgan fingerprint density at radius 2 is 1.84 bits per heavy atom. The van der Waals surface area contributed by atoms with Crippen molar-refractivity contribution < 1.29 is 24.2 Å². The third-order valence-electron chi connectivity index (χ3n) is 5.56. The summed E-state index contributed by atoms with van der Waals surface area (Å²) in [5.74, 6) is -0.527. The van der Waals surface area contributed by atoms with Crippen molar-refractivity contribution in [3.63, 3.8) is 0 Å². The van der Waals surface area contributed by atoms with Gasteiger partial charge in [0, 0.05) is 0 Å². The van der Waals surface area contributed by atoms with E-state index < -0.39 is 17.9 Å². The van der Waals surface area contributed by atoms with Crippen LogP contribution in [0.1, 0.15) is 35.2 Å². The summed E-state index contributed by atoms with van der Waals surface area (Å²) in [7, 11) is 0. The Morgan fingerprint density at radius 3 is 2.49 bits per heavy atom. The summed E-state index contributed by atoms with van der Waals surface area (Å²) in [4.78, 5) is 26.9. The van der Waals surface area contributed by atoms with Gasteiger partial charge < -0.3 is 14.6 Å². The molecule has 1 saturated heterocycles. The fourth-order valence-electron chi connectivity index (χ4n) is 3.81. The van der Waals surface area contributed by atoms with Crippen molar-refractivity contribution in [3.8, 4) is 11.5 Å². The van der Waals surface area contributed by atoms with Crippen molar-refractivity contribution in [2.75, 3.05) is 6.61 Å². The molecule has 1 unspecified atom stereocenters. The van der Waals surface area contributed by atoms with Crippen LogP contribution in [0, 0.1) is 6.92 Å². The topological polar surface area (TPSA) is 76.1 Å². The number of thiocarbonyl (C=S) groups is 1. The normalized spacial score (nSPS) is 15.2. The zero-order valence-corrected chi connectivity index (χ0v) is 23.4. The maximum Gasteiger partial charge on any atom is 0.331 e. The van der Waals surface area contributed by atoms with Gasteiger partial charge in [0.05, 0.1) is 16.0 Å². The number of hydrogen-bond donors (Lipinski definition) is 1. The van der Waals surface area contributed by atoms with Gasteiger partial charge in [-0.2, -0.15) is 0 Å². The summed E-state index contributed by atoms with van der Waals surface area (Å²) in [6.07, 6.45) is 1.68. The number of halogens is 1. The van der Waals surface area contributed by atoms with Gasteiger partial charge in [0.15, 0.2) is 17.5 Å². The summed E-state index contributed by atoms with van der Waals surface area (Å²) >= 11 is 10.1. The number of hydrogen-bond acceptors (Lipinski definition) is 6. The molecule has 1 fully saturated rings. The first-order valence-electron chi connectivity index (χ1n) is 11.5. The van der Waals surface area contributed by atoms with Crippen LogP contribution < -0.4 is 9.47 Å². The Balaban J connectivity index is 1.61. The molecule has 0 bridgehead atoms. The zero-order valence-electron chi connectivity index (χ0n) is 20.1. The number of nitrogens with zero attached hydrogens (tertiary/aromatic N) is 1. The van der Waals surface area contributed by atoms with Gasteiger partial charge in [0.25, 0.3) is 5.91 Å². The van der Waals surface area contributed by atoms with Crippen LogP contribution >= 0.6 is 39.9 Å². The molecule has 1 N–H and O–H groups in total. The van der Waals surface area contributed by atoms with Gasteiger partial charge >= 0.3 is 5.97 Å². The number of ether oxygens (including phenoxy) is 2. The number of aryl methyl sites for hydroxylation is 1. The molecule has 190 valence electrons. The SMILES string of the molecule is CCOc1cc(/C=C2\SC(=S)N(C(C(=O)O)c3ccccc3)C2=O)cc(Br)c1OCc1ccc(C)cc1. The highest BCUT2D eigenvalue weighted by Gasteiger charge is 2.41. The first-order valence-corrected chi connectivity index (χ1v) is 13.5. The van der Waals surface area contributed by atoms with E-state index in [1.54, 1.807) is 42.5 Å². The number of benzene rings is 3. The Hall–Kier alpha value is -3.14. The molecule has 1 aliphatic heterocycles. The quantitative estimate of drug-likeness (QED) is 0.215. The van der Waals surface area contributed by atoms with Gasteiger partial charge in [0.1, 0.15) is 10.9 Å². The first kappa shape index (κ1) is 26.9. The Bertz CT molecular complexity index is 1360. The lowest BCUT2D eigenvalue weighted by Gasteiger charge is -2.23. The molecule has 1 atom stereocenters. The van der Waals surface area contributed by atoms with Crippen LogP contribution in [0.25, 0.3) is 6.08 Å². The van der Waals surface area contributed by atoms with Gasteiger partial charge in [-0.1, -0.05) is 84.1 Å². The van der Waals surface area contributed by atoms with Crippen LogP contribution in [0.15, 0.2) is 76.1 Å². The zero-order chi connectivity index (χ0) is 26.5. The van der Waals surface area contributed by atoms with Crippen LogP contribution in [-0.2, 0) is 16.2 Å². The highest BCUT2D eigenvalue weighted by Crippen LogP contribution is 2.41. The van der Waals surface area contributed by atoms with Gasteiger partial charge in [-0.3, -0.25) is 9.69 Å². The summed E-state index contributed by atoms with van der Waals surface area (Å²) in [5.41, 5.74) is 3.36. The molecule has 4 rings (SSSR count). The lowest BCUT2D eigenvalue weighted by atomic mass is 10.1. The van der Waals surface area contributed by atoms with Gasteiger partial charge in [-0.05, 0) is 64.7 Å². The third kappa shape index (κ3) is 6.23. The smallest absolute Gasteiger partial charge is 0.331 e. The molecule has 0 radical (unpaired) electrons. The predicted molar refractivity (Wildman–Crippen MR) is 153 cm³/mol. The van der Waals surface area contributed by atoms with Crippen LogP contribution in [0.5, 0.6) is 11.5 Å². The highest BCUT2D eigenvalue weighted by atomic mass is 79.9. The summed E-state index contributed by atoms with van der Waals surface area (Å²) in [6.45, 7) is 4.71. The van der Waals surface area contributed by atoms with Crippen LogP contribution in [0.2, 0.25) is 0 Å². The number of carboxylic acid groups (broad SMARTS) is 1. The second-order valence-corrected chi connectivity index (χ2v) is 10.8. The largest absolute Gasteiger partial charge is 0.490 e. The minimum atomic E-state index is -1.21. The summed E-state index contributed by atoms with van der Waals surface area (Å²) in [6, 6.07) is 19.1. The van der Waals surface area contributed by atoms with Gasteiger partial charge in [-0.25, -0.2) is 4.79 Å². The maximum absolute atomic E-state index is 13.3. The molecule has 1 aliphatic rings. The van der Waals surface area contributed by atoms with Crippen molar-refractivity contribution in [2.45, 2.75) is 26.5 Å². The monoisotopic (exact) mass is 597 g/mol. The van der Waals surface area contributed by atoms with Gasteiger partial charge in [0.2, 0.25) is 0 Å². The molecule has 3 aromatic carbocycles. The average Bonchev–Trinajstić information content (AvgIpc) is 3.13. The van der Waals surface area contributed by atoms with Crippen LogP contribution in [0.3, 0.4) is 0 Å². The average molecular weight is 599 g/mol. The van der Waals surface area contributed by atoms with Crippen LogP contribution in [0.4, 0.5) is 0 Å². The molecule has 9 heteroatoms. The fraction of sp³-hybridized carbons (Fsp3) is 0.179. The molecule has 0 saturated carbocycles. The molecule has 37 heavy (non-hydrogen) atoms. The third-order valence-corrected chi connectivity index (χ3v) is 7.48. The van der Waals surface area contributed by atoms with E-state index in [0.29, 0.717) is 45.2 Å². The number of rotatable bonds is 9. The number of thioether (sulfide) groups is 1. The van der Waals surface area contributed by atoms with E-state index in [1.165, 1.54) is 5.56 Å². The molecular weight excluding hydrogens is 574 g/mol. The number of carboxylic acids is 1. The Kier molecular flexibility index (Phi) is 8.68. The van der Waals surface area contributed by atoms with E-state index in [2.05, 4.69) is 15.9 Å². The van der Waals surface area contributed by atoms with E-state index in [1.807, 2.05) is 44.2 Å². The van der Waals surface area contributed by atoms with Crippen molar-refractivity contribution in [1.82, 2.24) is 4.90 Å². The van der Waals surface area contributed by atoms with E-state index in [0.717, 1.165) is 22.2 Å². The van der Waals surface area contributed by atoms with Crippen LogP contribution in [-0.4, -0.2) is 32.8 Å². The lowest BCUT2D eigenvalue weighted by Crippen LogP contribution is -2.37. The molecular formula is C28H24BrNO5S2. The lowest BCUT2D eigenvalue weighted by molar-refractivity contribution is -0.145. The first-order chi connectivity index (χ1) is 17.8. The second kappa shape index (κ2) is 11.9. The Morgan fingerprint density at radius 1 is 1.14 bits per heavy atom. The minimum Gasteiger partial charge on any atom is -0.490 e. The summed E-state index contributed by atoms with van der Waals surface area (Å²) < 4.78 is 12.8. The molecule has 1 amide bonds. The number of aliphatic carboxylic acids is 1. The van der Waals surface area contributed by atoms with Crippen molar-refractivity contribution in [2.24, 2.45) is 0 Å². The highest BCUT2D eigenvalue weighted by molar-refractivity contribution is 9.10. The van der Waals surface area contributed by atoms with Gasteiger partial charge in [-0.15, -0.1) is 0 Å². The molecule has 0 aromatic heterocycles. The number of amides is 1. The molecule has 1 heterocycles. The molecule has 6 nitrogen and oxygen atoms in total. The molecule has 3 aromatic rings. The Labute approximate surface area is 233 Å². The van der Waals surface area contributed by atoms with E-state index in [-0.39, 0.29) is 4.32 Å². The van der Waals surface area contributed by atoms with E-state index in [9.17, 15) is 14.7 Å².